The van der Waals surface area contributed by atoms with Crippen molar-refractivity contribution >= 4 is 18.3 Å². The molecule has 1 rings (SSSR count). The van der Waals surface area contributed by atoms with Crippen molar-refractivity contribution in [1.82, 2.24) is 0 Å². The van der Waals surface area contributed by atoms with Gasteiger partial charge >= 0.3 is 0 Å². The van der Waals surface area contributed by atoms with Gasteiger partial charge in [-0.2, -0.15) is 0 Å². The third-order valence-electron chi connectivity index (χ3n) is 2.80. The smallest absolute Gasteiger partial charge is 0.115 e. The lowest BCUT2D eigenvalue weighted by atomic mass is 9.79. The molecule has 1 aromatic rings. The molecular weight excluding hydrogens is 230 g/mol. The van der Waals surface area contributed by atoms with Crippen molar-refractivity contribution in [2.75, 3.05) is 0 Å². The molecule has 0 N–H and O–H groups in total. The molecule has 0 aliphatic rings. The maximum atomic E-state index is 11.2. The van der Waals surface area contributed by atoms with E-state index in [1.54, 1.807) is 0 Å². The standard InChI is InChI=1S/C14H21NOS/c1-13(2,3)10-7-9(17)8-11(12(10)15-16)14(4,5)6/h7-8,17H,1-6H3. The largest absolute Gasteiger partial charge is 0.145 e. The van der Waals surface area contributed by atoms with Crippen LogP contribution in [0.2, 0.25) is 0 Å². The molecule has 0 heterocycles. The molecule has 17 heavy (non-hydrogen) atoms. The molecule has 0 amide bonds. The van der Waals surface area contributed by atoms with Crippen LogP contribution in [0.3, 0.4) is 0 Å². The summed E-state index contributed by atoms with van der Waals surface area (Å²) < 4.78 is 0. The van der Waals surface area contributed by atoms with E-state index in [2.05, 4.69) is 59.3 Å². The Morgan fingerprint density at radius 1 is 0.941 bits per heavy atom. The molecule has 0 fully saturated rings. The van der Waals surface area contributed by atoms with Gasteiger partial charge in [0.05, 0.1) is 0 Å². The zero-order chi connectivity index (χ0) is 13.4. The molecule has 0 aliphatic carbocycles. The first-order valence-electron chi connectivity index (χ1n) is 5.78. The third kappa shape index (κ3) is 3.09. The van der Waals surface area contributed by atoms with Crippen molar-refractivity contribution in [3.8, 4) is 0 Å². The van der Waals surface area contributed by atoms with E-state index < -0.39 is 0 Å². The van der Waals surface area contributed by atoms with Crippen LogP contribution in [-0.2, 0) is 10.8 Å². The molecule has 0 bridgehead atoms. The van der Waals surface area contributed by atoms with Crippen LogP contribution in [0.5, 0.6) is 0 Å². The van der Waals surface area contributed by atoms with E-state index in [-0.39, 0.29) is 10.8 Å². The summed E-state index contributed by atoms with van der Waals surface area (Å²) in [6.45, 7) is 12.5. The highest BCUT2D eigenvalue weighted by Crippen LogP contribution is 2.41. The SMILES string of the molecule is CC(C)(C)c1cc(S)cc(C(C)(C)C)c1N=O. The van der Waals surface area contributed by atoms with Crippen LogP contribution in [0.1, 0.15) is 52.7 Å². The van der Waals surface area contributed by atoms with Crippen molar-refractivity contribution in [3.63, 3.8) is 0 Å². The van der Waals surface area contributed by atoms with E-state index in [9.17, 15) is 4.91 Å². The van der Waals surface area contributed by atoms with Gasteiger partial charge in [0.15, 0.2) is 0 Å². The van der Waals surface area contributed by atoms with Gasteiger partial charge in [0.2, 0.25) is 0 Å². The number of hydrogen-bond donors (Lipinski definition) is 1. The summed E-state index contributed by atoms with van der Waals surface area (Å²) in [7, 11) is 0. The summed E-state index contributed by atoms with van der Waals surface area (Å²) in [5.41, 5.74) is 2.28. The number of nitroso groups, excluding NO2 is 1. The Morgan fingerprint density at radius 3 is 1.53 bits per heavy atom. The number of rotatable bonds is 1. The molecule has 0 aliphatic heterocycles. The molecule has 0 saturated heterocycles. The summed E-state index contributed by atoms with van der Waals surface area (Å²) >= 11 is 4.43. The predicted octanol–water partition coefficient (Wildman–Crippen LogP) is 4.97. The number of hydrogen-bond acceptors (Lipinski definition) is 3. The molecule has 1 aromatic carbocycles. The van der Waals surface area contributed by atoms with Crippen LogP contribution in [0.25, 0.3) is 0 Å². The van der Waals surface area contributed by atoms with Crippen LogP contribution in [0, 0.1) is 4.91 Å². The fourth-order valence-corrected chi connectivity index (χ4v) is 2.12. The Kier molecular flexibility index (Phi) is 3.72. The lowest BCUT2D eigenvalue weighted by molar-refractivity contribution is 0.568. The number of benzene rings is 1. The molecule has 94 valence electrons. The van der Waals surface area contributed by atoms with Crippen LogP contribution >= 0.6 is 12.6 Å². The Balaban J connectivity index is 3.64. The highest BCUT2D eigenvalue weighted by Gasteiger charge is 2.26. The van der Waals surface area contributed by atoms with Gasteiger partial charge in [-0.15, -0.1) is 17.5 Å². The van der Waals surface area contributed by atoms with E-state index >= 15 is 0 Å². The van der Waals surface area contributed by atoms with Gasteiger partial charge in [-0.05, 0) is 39.3 Å². The van der Waals surface area contributed by atoms with E-state index in [0.29, 0.717) is 5.69 Å². The van der Waals surface area contributed by atoms with E-state index in [4.69, 9.17) is 0 Å². The summed E-state index contributed by atoms with van der Waals surface area (Å²) in [6.07, 6.45) is 0. The molecule has 0 aromatic heterocycles. The molecular formula is C14H21NOS. The van der Waals surface area contributed by atoms with Crippen LogP contribution in [0.4, 0.5) is 5.69 Å². The van der Waals surface area contributed by atoms with Gasteiger partial charge in [-0.3, -0.25) is 0 Å². The Labute approximate surface area is 109 Å². The second kappa shape index (κ2) is 4.45. The monoisotopic (exact) mass is 251 g/mol. The summed E-state index contributed by atoms with van der Waals surface area (Å²) in [5, 5.41) is 3.26. The average molecular weight is 251 g/mol. The molecule has 0 radical (unpaired) electrons. The first-order chi connectivity index (χ1) is 7.57. The maximum absolute atomic E-state index is 11.2. The normalized spacial score (nSPS) is 12.6. The minimum Gasteiger partial charge on any atom is -0.145 e. The van der Waals surface area contributed by atoms with E-state index in [1.807, 2.05) is 12.1 Å². The van der Waals surface area contributed by atoms with Gasteiger partial charge in [0.1, 0.15) is 5.69 Å². The summed E-state index contributed by atoms with van der Waals surface area (Å²) in [5.74, 6) is 0. The van der Waals surface area contributed by atoms with Crippen molar-refractivity contribution in [3.05, 3.63) is 28.2 Å². The minimum absolute atomic E-state index is 0.109. The van der Waals surface area contributed by atoms with Gasteiger partial charge in [0.25, 0.3) is 0 Å². The van der Waals surface area contributed by atoms with Crippen molar-refractivity contribution in [2.45, 2.75) is 57.3 Å². The molecule has 0 spiro atoms. The molecule has 0 unspecified atom stereocenters. The Hall–Kier alpha value is -0.830. The molecule has 0 saturated carbocycles. The van der Waals surface area contributed by atoms with E-state index in [1.165, 1.54) is 0 Å². The minimum atomic E-state index is -0.109. The molecule has 2 nitrogen and oxygen atoms in total. The van der Waals surface area contributed by atoms with Crippen molar-refractivity contribution in [2.24, 2.45) is 5.18 Å². The quantitative estimate of drug-likeness (QED) is 0.554. The zero-order valence-electron chi connectivity index (χ0n) is 11.5. The highest BCUT2D eigenvalue weighted by molar-refractivity contribution is 7.80. The first-order valence-corrected chi connectivity index (χ1v) is 6.23. The van der Waals surface area contributed by atoms with Crippen LogP contribution < -0.4 is 0 Å². The lowest BCUT2D eigenvalue weighted by Gasteiger charge is -2.27. The van der Waals surface area contributed by atoms with Gasteiger partial charge in [0, 0.05) is 4.90 Å². The lowest BCUT2D eigenvalue weighted by Crippen LogP contribution is -2.17. The third-order valence-corrected chi connectivity index (χ3v) is 3.06. The van der Waals surface area contributed by atoms with Gasteiger partial charge in [-0.25, -0.2) is 0 Å². The van der Waals surface area contributed by atoms with Gasteiger partial charge < -0.3 is 0 Å². The second-order valence-corrected chi connectivity index (χ2v) is 7.00. The summed E-state index contributed by atoms with van der Waals surface area (Å²) in [6, 6.07) is 3.88. The topological polar surface area (TPSA) is 29.4 Å². The molecule has 3 heteroatoms. The fourth-order valence-electron chi connectivity index (χ4n) is 1.86. The first kappa shape index (κ1) is 14.2. The Bertz CT molecular complexity index is 404. The number of nitrogens with zero attached hydrogens (tertiary/aromatic N) is 1. The second-order valence-electron chi connectivity index (χ2n) is 6.48. The van der Waals surface area contributed by atoms with Crippen LogP contribution in [-0.4, -0.2) is 0 Å². The fraction of sp³-hybridized carbons (Fsp3) is 0.571. The average Bonchev–Trinajstić information content (AvgIpc) is 2.13. The van der Waals surface area contributed by atoms with Crippen molar-refractivity contribution in [1.29, 1.82) is 0 Å². The van der Waals surface area contributed by atoms with Crippen molar-refractivity contribution < 1.29 is 0 Å². The van der Waals surface area contributed by atoms with Crippen LogP contribution in [0.15, 0.2) is 22.2 Å². The van der Waals surface area contributed by atoms with Gasteiger partial charge in [-0.1, -0.05) is 41.5 Å². The number of thiol groups is 1. The summed E-state index contributed by atoms with van der Waals surface area (Å²) in [4.78, 5) is 12.1. The predicted molar refractivity (Wildman–Crippen MR) is 76.5 cm³/mol. The molecule has 0 atom stereocenters. The highest BCUT2D eigenvalue weighted by atomic mass is 32.1. The zero-order valence-corrected chi connectivity index (χ0v) is 12.4. The Morgan fingerprint density at radius 2 is 1.29 bits per heavy atom. The maximum Gasteiger partial charge on any atom is 0.115 e. The van der Waals surface area contributed by atoms with E-state index in [0.717, 1.165) is 16.0 Å².